The van der Waals surface area contributed by atoms with Gasteiger partial charge in [0.25, 0.3) is 0 Å². The first kappa shape index (κ1) is 13.8. The van der Waals surface area contributed by atoms with Crippen LogP contribution in [-0.2, 0) is 9.53 Å². The monoisotopic (exact) mass is 248 g/mol. The molecular weight excluding hydrogens is 232 g/mol. The van der Waals surface area contributed by atoms with E-state index in [1.807, 2.05) is 19.9 Å². The van der Waals surface area contributed by atoms with E-state index in [1.54, 1.807) is 6.07 Å². The number of hydrogen-bond donors (Lipinski definition) is 2. The Balaban J connectivity index is 2.58. The Morgan fingerprint density at radius 3 is 2.67 bits per heavy atom. The minimum atomic E-state index is -0.455. The maximum atomic E-state index is 11.3. The van der Waals surface area contributed by atoms with E-state index < -0.39 is 5.97 Å². The van der Waals surface area contributed by atoms with Crippen LogP contribution in [0.5, 0.6) is 11.5 Å². The molecule has 18 heavy (non-hydrogen) atoms. The van der Waals surface area contributed by atoms with Crippen molar-refractivity contribution in [2.45, 2.75) is 13.8 Å². The Hall–Kier alpha value is -2.23. The summed E-state index contributed by atoms with van der Waals surface area (Å²) in [5.41, 5.74) is 1.57. The Labute approximate surface area is 106 Å². The summed E-state index contributed by atoms with van der Waals surface area (Å²) in [6.07, 6.45) is 4.65. The first-order valence-corrected chi connectivity index (χ1v) is 5.51. The normalized spacial score (nSPS) is 11.8. The van der Waals surface area contributed by atoms with E-state index in [2.05, 4.69) is 0 Å². The molecule has 96 valence electrons. The van der Waals surface area contributed by atoms with Crippen molar-refractivity contribution < 1.29 is 19.7 Å². The van der Waals surface area contributed by atoms with Crippen molar-refractivity contribution in [2.24, 2.45) is 0 Å². The lowest BCUT2D eigenvalue weighted by molar-refractivity contribution is -0.136. The molecule has 0 aliphatic rings. The van der Waals surface area contributed by atoms with Crippen LogP contribution in [0, 0.1) is 0 Å². The highest BCUT2D eigenvalue weighted by Gasteiger charge is 2.00. The van der Waals surface area contributed by atoms with Gasteiger partial charge in [-0.3, -0.25) is 0 Å². The number of aromatic hydroxyl groups is 2. The lowest BCUT2D eigenvalue weighted by Gasteiger charge is -2.01. The predicted molar refractivity (Wildman–Crippen MR) is 69.2 cm³/mol. The summed E-state index contributed by atoms with van der Waals surface area (Å²) in [7, 11) is 0. The van der Waals surface area contributed by atoms with Crippen LogP contribution in [0.2, 0.25) is 0 Å². The number of carbonyl (C=O) groups excluding carboxylic acids is 1. The molecule has 1 aromatic rings. The summed E-state index contributed by atoms with van der Waals surface area (Å²) in [4.78, 5) is 11.3. The Morgan fingerprint density at radius 2 is 2.06 bits per heavy atom. The molecule has 0 amide bonds. The number of phenols is 2. The van der Waals surface area contributed by atoms with Crippen molar-refractivity contribution >= 4 is 12.0 Å². The topological polar surface area (TPSA) is 66.8 Å². The summed E-state index contributed by atoms with van der Waals surface area (Å²) in [6.45, 7) is 4.01. The Bertz CT molecular complexity index is 487. The molecule has 0 aliphatic heterocycles. The van der Waals surface area contributed by atoms with E-state index in [0.29, 0.717) is 5.56 Å². The number of allylic oxidation sites excluding steroid dienone is 1. The van der Waals surface area contributed by atoms with Gasteiger partial charge in [0.2, 0.25) is 0 Å². The van der Waals surface area contributed by atoms with Gasteiger partial charge in [0.05, 0.1) is 0 Å². The van der Waals surface area contributed by atoms with E-state index in [1.165, 1.54) is 24.3 Å². The molecule has 0 atom stereocenters. The van der Waals surface area contributed by atoms with Gasteiger partial charge in [-0.1, -0.05) is 12.1 Å². The predicted octanol–water partition coefficient (Wildman–Crippen LogP) is 2.62. The molecule has 0 aromatic heterocycles. The zero-order chi connectivity index (χ0) is 13.5. The SMILES string of the molecule is CC=C(C)COC(=O)C=Cc1ccc(O)c(O)c1. The molecule has 0 unspecified atom stereocenters. The molecule has 0 radical (unpaired) electrons. The van der Waals surface area contributed by atoms with Crippen molar-refractivity contribution in [1.29, 1.82) is 0 Å². The van der Waals surface area contributed by atoms with E-state index in [9.17, 15) is 9.90 Å². The fraction of sp³-hybridized carbons (Fsp3) is 0.214. The second kappa shape index (κ2) is 6.49. The second-order valence-corrected chi connectivity index (χ2v) is 3.82. The standard InChI is InChI=1S/C14H16O4/c1-3-10(2)9-18-14(17)7-5-11-4-6-12(15)13(16)8-11/h3-8,15-16H,9H2,1-2H3. The van der Waals surface area contributed by atoms with Crippen LogP contribution in [-0.4, -0.2) is 22.8 Å². The van der Waals surface area contributed by atoms with Crippen LogP contribution in [0.1, 0.15) is 19.4 Å². The smallest absolute Gasteiger partial charge is 0.331 e. The van der Waals surface area contributed by atoms with Crippen molar-refractivity contribution in [3.8, 4) is 11.5 Å². The van der Waals surface area contributed by atoms with Crippen LogP contribution >= 0.6 is 0 Å². The first-order valence-electron chi connectivity index (χ1n) is 5.51. The molecular formula is C14H16O4. The molecule has 0 spiro atoms. The van der Waals surface area contributed by atoms with E-state index in [0.717, 1.165) is 5.57 Å². The Kier molecular flexibility index (Phi) is 4.99. The molecule has 0 aliphatic carbocycles. The van der Waals surface area contributed by atoms with Crippen LogP contribution in [0.3, 0.4) is 0 Å². The fourth-order valence-electron chi connectivity index (χ4n) is 1.12. The first-order chi connectivity index (χ1) is 8.52. The summed E-state index contributed by atoms with van der Waals surface area (Å²) in [5, 5.41) is 18.4. The summed E-state index contributed by atoms with van der Waals surface area (Å²) in [6, 6.07) is 4.29. The molecule has 1 aromatic carbocycles. The summed E-state index contributed by atoms with van der Waals surface area (Å²) >= 11 is 0. The van der Waals surface area contributed by atoms with Gasteiger partial charge >= 0.3 is 5.97 Å². The molecule has 1 rings (SSSR count). The van der Waals surface area contributed by atoms with E-state index in [-0.39, 0.29) is 18.1 Å². The lowest BCUT2D eigenvalue weighted by Crippen LogP contribution is -2.02. The second-order valence-electron chi connectivity index (χ2n) is 3.82. The van der Waals surface area contributed by atoms with Gasteiger partial charge in [0, 0.05) is 6.08 Å². The van der Waals surface area contributed by atoms with E-state index >= 15 is 0 Å². The number of carbonyl (C=O) groups is 1. The summed E-state index contributed by atoms with van der Waals surface area (Å²) in [5.74, 6) is -0.877. The van der Waals surface area contributed by atoms with Gasteiger partial charge in [-0.05, 0) is 43.2 Å². The molecule has 4 heteroatoms. The molecule has 0 heterocycles. The van der Waals surface area contributed by atoms with Crippen LogP contribution in [0.4, 0.5) is 0 Å². The number of hydrogen-bond acceptors (Lipinski definition) is 4. The highest BCUT2D eigenvalue weighted by Crippen LogP contribution is 2.25. The minimum Gasteiger partial charge on any atom is -0.504 e. The van der Waals surface area contributed by atoms with Crippen molar-refractivity contribution in [1.82, 2.24) is 0 Å². The molecule has 0 saturated carbocycles. The highest BCUT2D eigenvalue weighted by molar-refractivity contribution is 5.87. The van der Waals surface area contributed by atoms with Gasteiger partial charge in [-0.15, -0.1) is 0 Å². The average Bonchev–Trinajstić information content (AvgIpc) is 2.37. The van der Waals surface area contributed by atoms with Gasteiger partial charge in [-0.2, -0.15) is 0 Å². The molecule has 2 N–H and O–H groups in total. The maximum absolute atomic E-state index is 11.3. The summed E-state index contributed by atoms with van der Waals surface area (Å²) < 4.78 is 4.96. The van der Waals surface area contributed by atoms with Gasteiger partial charge < -0.3 is 14.9 Å². The number of rotatable bonds is 4. The van der Waals surface area contributed by atoms with E-state index in [4.69, 9.17) is 9.84 Å². The molecule has 0 fully saturated rings. The zero-order valence-corrected chi connectivity index (χ0v) is 10.4. The fourth-order valence-corrected chi connectivity index (χ4v) is 1.12. The highest BCUT2D eigenvalue weighted by atomic mass is 16.5. The maximum Gasteiger partial charge on any atom is 0.331 e. The van der Waals surface area contributed by atoms with Gasteiger partial charge in [0.1, 0.15) is 6.61 Å². The zero-order valence-electron chi connectivity index (χ0n) is 10.4. The van der Waals surface area contributed by atoms with Crippen LogP contribution < -0.4 is 0 Å². The molecule has 4 nitrogen and oxygen atoms in total. The largest absolute Gasteiger partial charge is 0.504 e. The van der Waals surface area contributed by atoms with Crippen molar-refractivity contribution in [3.63, 3.8) is 0 Å². The Morgan fingerprint density at radius 1 is 1.33 bits per heavy atom. The third kappa shape index (κ3) is 4.33. The third-order valence-corrected chi connectivity index (χ3v) is 2.35. The van der Waals surface area contributed by atoms with Crippen molar-refractivity contribution in [3.05, 3.63) is 41.5 Å². The molecule has 0 saturated heterocycles. The number of benzene rings is 1. The number of ether oxygens (including phenoxy) is 1. The van der Waals surface area contributed by atoms with Crippen molar-refractivity contribution in [2.75, 3.05) is 6.61 Å². The third-order valence-electron chi connectivity index (χ3n) is 2.35. The average molecular weight is 248 g/mol. The van der Waals surface area contributed by atoms with Gasteiger partial charge in [-0.25, -0.2) is 4.79 Å². The van der Waals surface area contributed by atoms with Crippen LogP contribution in [0.15, 0.2) is 35.9 Å². The van der Waals surface area contributed by atoms with Gasteiger partial charge in [0.15, 0.2) is 11.5 Å². The number of esters is 1. The quantitative estimate of drug-likeness (QED) is 0.372. The lowest BCUT2D eigenvalue weighted by atomic mass is 10.2. The van der Waals surface area contributed by atoms with Crippen LogP contribution in [0.25, 0.3) is 6.08 Å². The number of phenolic OH excluding ortho intramolecular Hbond substituents is 2. The minimum absolute atomic E-state index is 0.196. The molecule has 0 bridgehead atoms.